The molecule has 1 saturated carbocycles. The van der Waals surface area contributed by atoms with Crippen molar-refractivity contribution in [1.82, 2.24) is 15.0 Å². The molecular weight excluding hydrogens is 370 g/mol. The van der Waals surface area contributed by atoms with Gasteiger partial charge in [0.25, 0.3) is 0 Å². The number of rotatable bonds is 4. The molecule has 0 radical (unpaired) electrons. The lowest BCUT2D eigenvalue weighted by Crippen LogP contribution is -2.43. The first kappa shape index (κ1) is 18.7. The standard InChI is InChI=1S/C25H25N5/c1-30(2)24-27-16-19-15-21(17-7-4-3-5-8-17)22(28-23(19)29-24)18-9-11-20(12-10-18)25(26)13-6-14-25/h3-5,7-12,15-16H,6,13-14,26H2,1-2H3. The Hall–Kier alpha value is -3.31. The number of nitrogens with zero attached hydrogens (tertiary/aromatic N) is 4. The normalized spacial score (nSPS) is 15.0. The molecule has 1 fully saturated rings. The van der Waals surface area contributed by atoms with Crippen LogP contribution in [0.15, 0.2) is 66.9 Å². The van der Waals surface area contributed by atoms with Gasteiger partial charge in [0.15, 0.2) is 5.65 Å². The SMILES string of the molecule is CN(C)c1ncc2cc(-c3ccccc3)c(-c3ccc(C4(N)CCC4)cc3)nc2n1. The minimum Gasteiger partial charge on any atom is -0.347 e. The summed E-state index contributed by atoms with van der Waals surface area (Å²) in [6.45, 7) is 0. The van der Waals surface area contributed by atoms with Crippen molar-refractivity contribution in [3.8, 4) is 22.4 Å². The highest BCUT2D eigenvalue weighted by atomic mass is 15.2. The monoisotopic (exact) mass is 395 g/mol. The summed E-state index contributed by atoms with van der Waals surface area (Å²) in [5, 5.41) is 0.926. The third-order valence-corrected chi connectivity index (χ3v) is 6.02. The van der Waals surface area contributed by atoms with E-state index in [9.17, 15) is 0 Å². The number of hydrogen-bond donors (Lipinski definition) is 1. The van der Waals surface area contributed by atoms with E-state index in [4.69, 9.17) is 10.7 Å². The number of pyridine rings is 1. The third kappa shape index (κ3) is 3.21. The van der Waals surface area contributed by atoms with Crippen LogP contribution in [0.2, 0.25) is 0 Å². The highest BCUT2D eigenvalue weighted by Crippen LogP contribution is 2.40. The van der Waals surface area contributed by atoms with E-state index in [1.54, 1.807) is 0 Å². The van der Waals surface area contributed by atoms with Crippen LogP contribution >= 0.6 is 0 Å². The molecule has 0 aliphatic heterocycles. The second kappa shape index (κ2) is 7.18. The lowest BCUT2D eigenvalue weighted by molar-refractivity contribution is 0.253. The van der Waals surface area contributed by atoms with E-state index < -0.39 is 0 Å². The van der Waals surface area contributed by atoms with Crippen molar-refractivity contribution in [1.29, 1.82) is 0 Å². The summed E-state index contributed by atoms with van der Waals surface area (Å²) < 4.78 is 0. The Labute approximate surface area is 176 Å². The second-order valence-corrected chi connectivity index (χ2v) is 8.31. The molecule has 1 aliphatic carbocycles. The molecule has 5 heteroatoms. The Morgan fingerprint density at radius 3 is 2.27 bits per heavy atom. The molecule has 0 spiro atoms. The lowest BCUT2D eigenvalue weighted by atomic mass is 9.72. The summed E-state index contributed by atoms with van der Waals surface area (Å²) in [6.07, 6.45) is 5.16. The maximum atomic E-state index is 6.52. The zero-order valence-electron chi connectivity index (χ0n) is 17.3. The molecule has 30 heavy (non-hydrogen) atoms. The Balaban J connectivity index is 1.67. The zero-order valence-corrected chi connectivity index (χ0v) is 17.3. The van der Waals surface area contributed by atoms with E-state index in [0.717, 1.165) is 40.6 Å². The molecule has 0 amide bonds. The molecule has 2 aromatic heterocycles. The number of fused-ring (bicyclic) bond motifs is 1. The van der Waals surface area contributed by atoms with Gasteiger partial charge in [0.2, 0.25) is 5.95 Å². The number of hydrogen-bond acceptors (Lipinski definition) is 5. The molecule has 2 aromatic carbocycles. The van der Waals surface area contributed by atoms with Crippen LogP contribution in [0.3, 0.4) is 0 Å². The lowest BCUT2D eigenvalue weighted by Gasteiger charge is -2.38. The van der Waals surface area contributed by atoms with Gasteiger partial charge in [-0.25, -0.2) is 9.97 Å². The van der Waals surface area contributed by atoms with Gasteiger partial charge in [0, 0.05) is 42.3 Å². The third-order valence-electron chi connectivity index (χ3n) is 6.02. The molecule has 2 heterocycles. The van der Waals surface area contributed by atoms with Gasteiger partial charge in [-0.1, -0.05) is 54.6 Å². The fraction of sp³-hybridized carbons (Fsp3) is 0.240. The van der Waals surface area contributed by atoms with Gasteiger partial charge in [0.05, 0.1) is 5.69 Å². The molecule has 0 atom stereocenters. The molecule has 150 valence electrons. The maximum absolute atomic E-state index is 6.52. The molecule has 4 aromatic rings. The molecule has 2 N–H and O–H groups in total. The molecule has 1 aliphatic rings. The van der Waals surface area contributed by atoms with E-state index in [1.165, 1.54) is 12.0 Å². The predicted molar refractivity (Wildman–Crippen MR) is 122 cm³/mol. The average Bonchev–Trinajstić information content (AvgIpc) is 2.77. The van der Waals surface area contributed by atoms with Gasteiger partial charge < -0.3 is 10.6 Å². The van der Waals surface area contributed by atoms with Gasteiger partial charge in [-0.05, 0) is 36.5 Å². The molecule has 5 rings (SSSR count). The highest BCUT2D eigenvalue weighted by Gasteiger charge is 2.34. The molecule has 0 saturated heterocycles. The predicted octanol–water partition coefficient (Wildman–Crippen LogP) is 4.76. The summed E-state index contributed by atoms with van der Waals surface area (Å²) in [5.41, 5.74) is 12.4. The maximum Gasteiger partial charge on any atom is 0.226 e. The Morgan fingerprint density at radius 2 is 1.63 bits per heavy atom. The summed E-state index contributed by atoms with van der Waals surface area (Å²) in [7, 11) is 3.87. The van der Waals surface area contributed by atoms with Gasteiger partial charge in [-0.15, -0.1) is 0 Å². The van der Waals surface area contributed by atoms with E-state index in [1.807, 2.05) is 43.4 Å². The van der Waals surface area contributed by atoms with Crippen molar-refractivity contribution in [2.75, 3.05) is 19.0 Å². The summed E-state index contributed by atoms with van der Waals surface area (Å²) >= 11 is 0. The molecule has 0 bridgehead atoms. The van der Waals surface area contributed by atoms with Crippen molar-refractivity contribution in [3.63, 3.8) is 0 Å². The van der Waals surface area contributed by atoms with Crippen LogP contribution in [0.25, 0.3) is 33.4 Å². The molecular formula is C25H25N5. The number of benzene rings is 2. The van der Waals surface area contributed by atoms with Crippen LogP contribution in [-0.4, -0.2) is 29.0 Å². The van der Waals surface area contributed by atoms with Crippen molar-refractivity contribution in [2.45, 2.75) is 24.8 Å². The first-order valence-electron chi connectivity index (χ1n) is 10.3. The Kier molecular flexibility index (Phi) is 4.48. The second-order valence-electron chi connectivity index (χ2n) is 8.31. The molecule has 5 nitrogen and oxygen atoms in total. The van der Waals surface area contributed by atoms with Crippen LogP contribution in [0.1, 0.15) is 24.8 Å². The zero-order chi connectivity index (χ0) is 20.7. The Bertz CT molecular complexity index is 1200. The van der Waals surface area contributed by atoms with Crippen molar-refractivity contribution < 1.29 is 0 Å². The van der Waals surface area contributed by atoms with Crippen LogP contribution < -0.4 is 10.6 Å². The number of anilines is 1. The minimum absolute atomic E-state index is 0.161. The summed E-state index contributed by atoms with van der Waals surface area (Å²) in [5.74, 6) is 0.652. The first-order valence-corrected chi connectivity index (χ1v) is 10.3. The topological polar surface area (TPSA) is 67.9 Å². The largest absolute Gasteiger partial charge is 0.347 e. The molecule has 0 unspecified atom stereocenters. The van der Waals surface area contributed by atoms with Crippen LogP contribution in [-0.2, 0) is 5.54 Å². The van der Waals surface area contributed by atoms with Crippen LogP contribution in [0.4, 0.5) is 5.95 Å². The minimum atomic E-state index is -0.161. The highest BCUT2D eigenvalue weighted by molar-refractivity contribution is 5.90. The number of nitrogens with two attached hydrogens (primary N) is 1. The van der Waals surface area contributed by atoms with E-state index >= 15 is 0 Å². The van der Waals surface area contributed by atoms with Crippen LogP contribution in [0, 0.1) is 0 Å². The summed E-state index contributed by atoms with van der Waals surface area (Å²) in [4.78, 5) is 16.0. The van der Waals surface area contributed by atoms with E-state index in [2.05, 4.69) is 52.4 Å². The fourth-order valence-corrected chi connectivity index (χ4v) is 4.03. The quantitative estimate of drug-likeness (QED) is 0.539. The van der Waals surface area contributed by atoms with Crippen LogP contribution in [0.5, 0.6) is 0 Å². The average molecular weight is 396 g/mol. The van der Waals surface area contributed by atoms with Crippen molar-refractivity contribution >= 4 is 17.0 Å². The van der Waals surface area contributed by atoms with Gasteiger partial charge in [-0.3, -0.25) is 0 Å². The summed E-state index contributed by atoms with van der Waals surface area (Å²) in [6, 6.07) is 21.1. The van der Waals surface area contributed by atoms with Gasteiger partial charge in [-0.2, -0.15) is 4.98 Å². The first-order chi connectivity index (χ1) is 14.5. The smallest absolute Gasteiger partial charge is 0.226 e. The van der Waals surface area contributed by atoms with Gasteiger partial charge in [0.1, 0.15) is 0 Å². The fourth-order valence-electron chi connectivity index (χ4n) is 4.03. The van der Waals surface area contributed by atoms with E-state index in [0.29, 0.717) is 11.6 Å². The Morgan fingerprint density at radius 1 is 0.900 bits per heavy atom. The number of aromatic nitrogens is 3. The van der Waals surface area contributed by atoms with E-state index in [-0.39, 0.29) is 5.54 Å². The van der Waals surface area contributed by atoms with Gasteiger partial charge >= 0.3 is 0 Å². The van der Waals surface area contributed by atoms with Crippen molar-refractivity contribution in [2.24, 2.45) is 5.73 Å². The van der Waals surface area contributed by atoms with Crippen molar-refractivity contribution in [3.05, 3.63) is 72.4 Å².